The summed E-state index contributed by atoms with van der Waals surface area (Å²) < 4.78 is 16.4. The van der Waals surface area contributed by atoms with Crippen molar-refractivity contribution < 1.29 is 38.2 Å². The van der Waals surface area contributed by atoms with Crippen LogP contribution >= 0.6 is 0 Å². The molecule has 1 atom stereocenters. The Kier molecular flexibility index (Phi) is 10.3. The van der Waals surface area contributed by atoms with Gasteiger partial charge in [-0.3, -0.25) is 34.2 Å². The molecule has 12 heteroatoms. The summed E-state index contributed by atoms with van der Waals surface area (Å²) in [6.45, 7) is 2.72. The Balaban J connectivity index is 1.10. The van der Waals surface area contributed by atoms with Crippen molar-refractivity contribution >= 4 is 35.2 Å². The number of nitrogens with one attached hydrogen (secondary N) is 3. The van der Waals surface area contributed by atoms with Gasteiger partial charge in [-0.15, -0.1) is 0 Å². The average Bonchev–Trinajstić information content (AvgIpc) is 3.21. The molecule has 40 heavy (non-hydrogen) atoms. The molecule has 0 saturated carbocycles. The number of nitrogens with zero attached hydrogens (tertiary/aromatic N) is 1. The molecule has 212 valence electrons. The molecule has 3 N–H and O–H groups in total. The minimum Gasteiger partial charge on any atom is -0.377 e. The maximum absolute atomic E-state index is 13.1. The summed E-state index contributed by atoms with van der Waals surface area (Å²) in [5, 5.41) is 7.77. The van der Waals surface area contributed by atoms with E-state index in [-0.39, 0.29) is 43.0 Å². The van der Waals surface area contributed by atoms with E-state index in [1.54, 1.807) is 12.1 Å². The van der Waals surface area contributed by atoms with Crippen LogP contribution in [0.1, 0.15) is 39.1 Å². The van der Waals surface area contributed by atoms with Crippen LogP contribution in [-0.4, -0.2) is 86.6 Å². The molecular formula is C28H32N4O8. The number of imide groups is 2. The molecule has 2 aliphatic heterocycles. The molecule has 4 rings (SSSR count). The number of amides is 5. The van der Waals surface area contributed by atoms with Crippen LogP contribution in [0, 0.1) is 0 Å². The van der Waals surface area contributed by atoms with Crippen molar-refractivity contribution in [2.45, 2.75) is 25.5 Å². The first-order valence-electron chi connectivity index (χ1n) is 13.1. The van der Waals surface area contributed by atoms with E-state index in [0.717, 1.165) is 10.5 Å². The Labute approximate surface area is 231 Å². The van der Waals surface area contributed by atoms with E-state index in [1.807, 2.05) is 30.3 Å². The van der Waals surface area contributed by atoms with Crippen molar-refractivity contribution in [3.63, 3.8) is 0 Å². The van der Waals surface area contributed by atoms with Crippen LogP contribution < -0.4 is 16.0 Å². The van der Waals surface area contributed by atoms with Gasteiger partial charge in [0.15, 0.2) is 0 Å². The molecule has 0 spiro atoms. The van der Waals surface area contributed by atoms with Crippen LogP contribution in [0.4, 0.5) is 5.69 Å². The number of hydrogen-bond donors (Lipinski definition) is 3. The van der Waals surface area contributed by atoms with Gasteiger partial charge in [-0.1, -0.05) is 36.4 Å². The fraction of sp³-hybridized carbons (Fsp3) is 0.393. The molecule has 12 nitrogen and oxygen atoms in total. The van der Waals surface area contributed by atoms with Gasteiger partial charge in [-0.2, -0.15) is 0 Å². The Morgan fingerprint density at radius 1 is 0.875 bits per heavy atom. The highest BCUT2D eigenvalue weighted by Crippen LogP contribution is 2.32. The lowest BCUT2D eigenvalue weighted by atomic mass is 10.0. The number of anilines is 1. The third-order valence-corrected chi connectivity index (χ3v) is 6.33. The van der Waals surface area contributed by atoms with Crippen molar-refractivity contribution in [3.05, 3.63) is 65.2 Å². The second-order valence-electron chi connectivity index (χ2n) is 9.14. The van der Waals surface area contributed by atoms with Gasteiger partial charge in [0.2, 0.25) is 17.7 Å². The first kappa shape index (κ1) is 28.9. The van der Waals surface area contributed by atoms with Crippen molar-refractivity contribution in [2.75, 3.05) is 51.4 Å². The van der Waals surface area contributed by atoms with E-state index in [2.05, 4.69) is 16.0 Å². The lowest BCUT2D eigenvalue weighted by Crippen LogP contribution is -2.54. The van der Waals surface area contributed by atoms with Gasteiger partial charge in [0, 0.05) is 18.7 Å². The number of benzene rings is 2. The maximum Gasteiger partial charge on any atom is 0.264 e. The predicted molar refractivity (Wildman–Crippen MR) is 142 cm³/mol. The topological polar surface area (TPSA) is 152 Å². The third-order valence-electron chi connectivity index (χ3n) is 6.33. The van der Waals surface area contributed by atoms with Gasteiger partial charge in [0.1, 0.15) is 6.04 Å². The molecule has 2 aliphatic rings. The third kappa shape index (κ3) is 7.50. The summed E-state index contributed by atoms with van der Waals surface area (Å²) in [5.74, 6) is -2.70. The molecular weight excluding hydrogens is 520 g/mol. The zero-order chi connectivity index (χ0) is 28.3. The first-order valence-corrected chi connectivity index (χ1v) is 13.1. The van der Waals surface area contributed by atoms with E-state index in [1.165, 1.54) is 6.07 Å². The standard InChI is InChI=1S/C28H32N4O8/c33-23-10-9-22(26(35)31-23)32-27(36)20-7-4-8-21(25(20)28(32)37)30-17-24(34)29-11-12-38-13-14-39-15-16-40-18-19-5-2-1-3-6-19/h1-8,22,30H,9-18H2,(H,29,34)(H,31,33,35). The highest BCUT2D eigenvalue weighted by molar-refractivity contribution is 6.25. The predicted octanol–water partition coefficient (Wildman–Crippen LogP) is 0.866. The molecule has 0 aliphatic carbocycles. The Morgan fingerprint density at radius 3 is 2.35 bits per heavy atom. The van der Waals surface area contributed by atoms with Gasteiger partial charge in [-0.05, 0) is 24.1 Å². The van der Waals surface area contributed by atoms with Crippen molar-refractivity contribution in [2.24, 2.45) is 0 Å². The van der Waals surface area contributed by atoms with E-state index < -0.39 is 29.7 Å². The molecule has 0 radical (unpaired) electrons. The number of hydrogen-bond acceptors (Lipinski definition) is 9. The van der Waals surface area contributed by atoms with Crippen LogP contribution in [0.5, 0.6) is 0 Å². The molecule has 1 fully saturated rings. The fourth-order valence-electron chi connectivity index (χ4n) is 4.37. The summed E-state index contributed by atoms with van der Waals surface area (Å²) in [5.41, 5.74) is 1.65. The number of ether oxygens (including phenoxy) is 3. The van der Waals surface area contributed by atoms with E-state index in [9.17, 15) is 24.0 Å². The molecule has 0 aromatic heterocycles. The normalized spacial score (nSPS) is 16.6. The quantitative estimate of drug-likeness (QED) is 0.216. The number of fused-ring (bicyclic) bond motifs is 1. The highest BCUT2D eigenvalue weighted by Gasteiger charge is 2.45. The second kappa shape index (κ2) is 14.3. The minimum atomic E-state index is -1.06. The van der Waals surface area contributed by atoms with Gasteiger partial charge >= 0.3 is 0 Å². The lowest BCUT2D eigenvalue weighted by Gasteiger charge is -2.27. The van der Waals surface area contributed by atoms with E-state index >= 15 is 0 Å². The van der Waals surface area contributed by atoms with Crippen molar-refractivity contribution in [1.82, 2.24) is 15.5 Å². The molecule has 2 aromatic rings. The molecule has 0 bridgehead atoms. The van der Waals surface area contributed by atoms with E-state index in [0.29, 0.717) is 45.3 Å². The second-order valence-corrected chi connectivity index (χ2v) is 9.14. The Hall–Kier alpha value is -4.13. The molecule has 5 amide bonds. The van der Waals surface area contributed by atoms with Crippen molar-refractivity contribution in [1.29, 1.82) is 0 Å². The molecule has 2 aromatic carbocycles. The fourth-order valence-corrected chi connectivity index (χ4v) is 4.37. The average molecular weight is 553 g/mol. The first-order chi connectivity index (χ1) is 19.5. The van der Waals surface area contributed by atoms with Crippen LogP contribution in [0.15, 0.2) is 48.5 Å². The summed E-state index contributed by atoms with van der Waals surface area (Å²) in [6.07, 6.45) is 0.106. The minimum absolute atomic E-state index is 0.0377. The molecule has 1 saturated heterocycles. The lowest BCUT2D eigenvalue weighted by molar-refractivity contribution is -0.136. The Bertz CT molecular complexity index is 1240. The van der Waals surface area contributed by atoms with Gasteiger partial charge < -0.3 is 24.8 Å². The largest absolute Gasteiger partial charge is 0.377 e. The molecule has 2 heterocycles. The van der Waals surface area contributed by atoms with Crippen LogP contribution in [0.3, 0.4) is 0 Å². The summed E-state index contributed by atoms with van der Waals surface area (Å²) >= 11 is 0. The smallest absolute Gasteiger partial charge is 0.264 e. The maximum atomic E-state index is 13.1. The zero-order valence-corrected chi connectivity index (χ0v) is 22.0. The number of carbonyl (C=O) groups excluding carboxylic acids is 5. The summed E-state index contributed by atoms with van der Waals surface area (Å²) in [7, 11) is 0. The van der Waals surface area contributed by atoms with E-state index in [4.69, 9.17) is 14.2 Å². The van der Waals surface area contributed by atoms with Gasteiger partial charge in [-0.25, -0.2) is 0 Å². The van der Waals surface area contributed by atoms with Gasteiger partial charge in [0.25, 0.3) is 11.8 Å². The number of rotatable bonds is 15. The number of piperidine rings is 1. The monoisotopic (exact) mass is 552 g/mol. The summed E-state index contributed by atoms with van der Waals surface area (Å²) in [6, 6.07) is 13.5. The SMILES string of the molecule is O=C(CNc1cccc2c1C(=O)N(C1CCC(=O)NC1=O)C2=O)NCCOCCOCCOCc1ccccc1. The number of carbonyl (C=O) groups is 5. The Morgan fingerprint density at radius 2 is 1.60 bits per heavy atom. The van der Waals surface area contributed by atoms with Crippen LogP contribution in [-0.2, 0) is 35.2 Å². The highest BCUT2D eigenvalue weighted by atomic mass is 16.5. The van der Waals surface area contributed by atoms with Crippen LogP contribution in [0.25, 0.3) is 0 Å². The van der Waals surface area contributed by atoms with Gasteiger partial charge in [0.05, 0.1) is 57.3 Å². The van der Waals surface area contributed by atoms with Crippen molar-refractivity contribution in [3.8, 4) is 0 Å². The zero-order valence-electron chi connectivity index (χ0n) is 22.0. The molecule has 1 unspecified atom stereocenters. The van der Waals surface area contributed by atoms with Crippen LogP contribution in [0.2, 0.25) is 0 Å². The summed E-state index contributed by atoms with van der Waals surface area (Å²) in [4.78, 5) is 62.9.